The van der Waals surface area contributed by atoms with E-state index in [1.165, 1.54) is 0 Å². The predicted molar refractivity (Wildman–Crippen MR) is 72.1 cm³/mol. The van der Waals surface area contributed by atoms with Gasteiger partial charge in [-0.2, -0.15) is 0 Å². The van der Waals surface area contributed by atoms with E-state index in [0.29, 0.717) is 6.54 Å². The predicted octanol–water partition coefficient (Wildman–Crippen LogP) is 3.08. The topological polar surface area (TPSA) is 29.5 Å². The van der Waals surface area contributed by atoms with E-state index in [2.05, 4.69) is 20.7 Å². The molecule has 0 saturated carbocycles. The molecule has 1 rings (SSSR count). The van der Waals surface area contributed by atoms with E-state index in [9.17, 15) is 13.6 Å². The van der Waals surface area contributed by atoms with Crippen LogP contribution in [0.3, 0.4) is 0 Å². The zero-order valence-electron chi connectivity index (χ0n) is 10.6. The van der Waals surface area contributed by atoms with Gasteiger partial charge >= 0.3 is 0 Å². The molecule has 0 aromatic heterocycles. The SMILES string of the molecule is CN(Cc1ccc(Br)cc1)C(=O)CCOCC(F)F. The molecule has 0 spiro atoms. The van der Waals surface area contributed by atoms with Crippen LogP contribution < -0.4 is 0 Å². The van der Waals surface area contributed by atoms with Crippen molar-refractivity contribution in [2.75, 3.05) is 20.3 Å². The van der Waals surface area contributed by atoms with Crippen LogP contribution in [0.4, 0.5) is 8.78 Å². The van der Waals surface area contributed by atoms with Crippen molar-refractivity contribution in [3.8, 4) is 0 Å². The average molecular weight is 336 g/mol. The molecular weight excluding hydrogens is 320 g/mol. The molecule has 106 valence electrons. The number of rotatable bonds is 7. The molecule has 0 unspecified atom stereocenters. The number of halogens is 3. The Bertz CT molecular complexity index is 398. The highest BCUT2D eigenvalue weighted by Crippen LogP contribution is 2.12. The van der Waals surface area contributed by atoms with Gasteiger partial charge in [-0.15, -0.1) is 0 Å². The first-order valence-electron chi connectivity index (χ1n) is 5.83. The number of benzene rings is 1. The van der Waals surface area contributed by atoms with Gasteiger partial charge in [0.15, 0.2) is 0 Å². The van der Waals surface area contributed by atoms with Crippen LogP contribution in [0.5, 0.6) is 0 Å². The van der Waals surface area contributed by atoms with Gasteiger partial charge in [-0.3, -0.25) is 4.79 Å². The van der Waals surface area contributed by atoms with Gasteiger partial charge in [0.05, 0.1) is 13.0 Å². The zero-order chi connectivity index (χ0) is 14.3. The van der Waals surface area contributed by atoms with Crippen LogP contribution in [-0.4, -0.2) is 37.5 Å². The number of nitrogens with zero attached hydrogens (tertiary/aromatic N) is 1. The number of amides is 1. The van der Waals surface area contributed by atoms with Crippen LogP contribution in [0.25, 0.3) is 0 Å². The molecule has 0 aliphatic heterocycles. The van der Waals surface area contributed by atoms with Gasteiger partial charge in [-0.1, -0.05) is 28.1 Å². The molecule has 1 aromatic rings. The van der Waals surface area contributed by atoms with Gasteiger partial charge in [0.25, 0.3) is 6.43 Å². The van der Waals surface area contributed by atoms with E-state index in [4.69, 9.17) is 0 Å². The van der Waals surface area contributed by atoms with Crippen LogP contribution in [0.1, 0.15) is 12.0 Å². The summed E-state index contributed by atoms with van der Waals surface area (Å²) in [6, 6.07) is 7.64. The average Bonchev–Trinajstić information content (AvgIpc) is 2.36. The molecule has 6 heteroatoms. The Labute approximate surface area is 119 Å². The second-order valence-corrected chi connectivity index (χ2v) is 5.01. The Balaban J connectivity index is 2.30. The van der Waals surface area contributed by atoms with Crippen LogP contribution in [-0.2, 0) is 16.1 Å². The lowest BCUT2D eigenvalue weighted by Crippen LogP contribution is -2.27. The first-order valence-corrected chi connectivity index (χ1v) is 6.62. The Hall–Kier alpha value is -1.01. The van der Waals surface area contributed by atoms with Gasteiger partial charge < -0.3 is 9.64 Å². The number of carbonyl (C=O) groups is 1. The van der Waals surface area contributed by atoms with Crippen molar-refractivity contribution in [1.29, 1.82) is 0 Å². The third-order valence-corrected chi connectivity index (χ3v) is 2.99. The smallest absolute Gasteiger partial charge is 0.261 e. The monoisotopic (exact) mass is 335 g/mol. The van der Waals surface area contributed by atoms with E-state index in [1.54, 1.807) is 11.9 Å². The highest BCUT2D eigenvalue weighted by molar-refractivity contribution is 9.10. The highest BCUT2D eigenvalue weighted by Gasteiger charge is 2.10. The number of hydrogen-bond acceptors (Lipinski definition) is 2. The van der Waals surface area contributed by atoms with E-state index < -0.39 is 13.0 Å². The molecule has 3 nitrogen and oxygen atoms in total. The van der Waals surface area contributed by atoms with Crippen LogP contribution in [0, 0.1) is 0 Å². The molecule has 0 saturated heterocycles. The maximum atomic E-state index is 11.8. The quantitative estimate of drug-likeness (QED) is 0.716. The molecule has 0 atom stereocenters. The number of carbonyl (C=O) groups excluding carboxylic acids is 1. The molecule has 0 bridgehead atoms. The van der Waals surface area contributed by atoms with Crippen molar-refractivity contribution in [1.82, 2.24) is 4.90 Å². The lowest BCUT2D eigenvalue weighted by molar-refractivity contribution is -0.132. The lowest BCUT2D eigenvalue weighted by Gasteiger charge is -2.17. The molecule has 1 aromatic carbocycles. The summed E-state index contributed by atoms with van der Waals surface area (Å²) in [6.07, 6.45) is -2.38. The summed E-state index contributed by atoms with van der Waals surface area (Å²) >= 11 is 3.34. The molecule has 0 radical (unpaired) electrons. The fourth-order valence-electron chi connectivity index (χ4n) is 1.47. The Morgan fingerprint density at radius 1 is 1.37 bits per heavy atom. The Morgan fingerprint density at radius 2 is 2.00 bits per heavy atom. The first kappa shape index (κ1) is 16.0. The minimum Gasteiger partial charge on any atom is -0.375 e. The maximum absolute atomic E-state index is 11.8. The molecular formula is C13H16BrF2NO2. The van der Waals surface area contributed by atoms with Gasteiger partial charge in [-0.05, 0) is 17.7 Å². The van der Waals surface area contributed by atoms with Gasteiger partial charge in [-0.25, -0.2) is 8.78 Å². The summed E-state index contributed by atoms with van der Waals surface area (Å²) in [5.74, 6) is -0.128. The lowest BCUT2D eigenvalue weighted by atomic mass is 10.2. The molecule has 1 amide bonds. The van der Waals surface area contributed by atoms with Crippen molar-refractivity contribution in [3.05, 3.63) is 34.3 Å². The fraction of sp³-hybridized carbons (Fsp3) is 0.462. The summed E-state index contributed by atoms with van der Waals surface area (Å²) in [5.41, 5.74) is 1.01. The van der Waals surface area contributed by atoms with Crippen molar-refractivity contribution in [2.45, 2.75) is 19.4 Å². The Morgan fingerprint density at radius 3 is 2.58 bits per heavy atom. The molecule has 19 heavy (non-hydrogen) atoms. The summed E-state index contributed by atoms with van der Waals surface area (Å²) < 4.78 is 29.3. The summed E-state index contributed by atoms with van der Waals surface area (Å²) in [6.45, 7) is -0.113. The maximum Gasteiger partial charge on any atom is 0.261 e. The Kier molecular flexibility index (Phi) is 6.94. The molecule has 0 aliphatic carbocycles. The molecule has 0 aliphatic rings. The third-order valence-electron chi connectivity index (χ3n) is 2.46. The van der Waals surface area contributed by atoms with Gasteiger partial charge in [0.1, 0.15) is 6.61 Å². The zero-order valence-corrected chi connectivity index (χ0v) is 12.2. The van der Waals surface area contributed by atoms with E-state index in [1.807, 2.05) is 24.3 Å². The second-order valence-electron chi connectivity index (χ2n) is 4.09. The summed E-state index contributed by atoms with van der Waals surface area (Å²) in [7, 11) is 1.68. The molecule has 0 N–H and O–H groups in total. The summed E-state index contributed by atoms with van der Waals surface area (Å²) in [4.78, 5) is 13.3. The third kappa shape index (κ3) is 6.63. The van der Waals surface area contributed by atoms with Crippen molar-refractivity contribution < 1.29 is 18.3 Å². The molecule has 0 fully saturated rings. The minimum absolute atomic E-state index is 0.0217. The van der Waals surface area contributed by atoms with Crippen molar-refractivity contribution >= 4 is 21.8 Å². The van der Waals surface area contributed by atoms with Gasteiger partial charge in [0, 0.05) is 18.1 Å². The molecule has 0 heterocycles. The van der Waals surface area contributed by atoms with E-state index >= 15 is 0 Å². The number of alkyl halides is 2. The fourth-order valence-corrected chi connectivity index (χ4v) is 1.74. The van der Waals surface area contributed by atoms with Crippen LogP contribution in [0.2, 0.25) is 0 Å². The largest absolute Gasteiger partial charge is 0.375 e. The standard InChI is InChI=1S/C13H16BrF2NO2/c1-17(8-10-2-4-11(14)5-3-10)13(18)6-7-19-9-12(15)16/h2-5,12H,6-9H2,1H3. The van der Waals surface area contributed by atoms with Crippen molar-refractivity contribution in [2.24, 2.45) is 0 Å². The van der Waals surface area contributed by atoms with Crippen LogP contribution in [0.15, 0.2) is 28.7 Å². The van der Waals surface area contributed by atoms with Crippen molar-refractivity contribution in [3.63, 3.8) is 0 Å². The second kappa shape index (κ2) is 8.22. The van der Waals surface area contributed by atoms with E-state index in [0.717, 1.165) is 10.0 Å². The normalized spacial score (nSPS) is 10.8. The number of hydrogen-bond donors (Lipinski definition) is 0. The van der Waals surface area contributed by atoms with E-state index in [-0.39, 0.29) is 18.9 Å². The summed E-state index contributed by atoms with van der Waals surface area (Å²) in [5, 5.41) is 0. The minimum atomic E-state index is -2.49. The highest BCUT2D eigenvalue weighted by atomic mass is 79.9. The number of ether oxygens (including phenoxy) is 1. The van der Waals surface area contributed by atoms with Gasteiger partial charge in [0.2, 0.25) is 5.91 Å². The van der Waals surface area contributed by atoms with Crippen LogP contribution >= 0.6 is 15.9 Å². The first-order chi connectivity index (χ1) is 8.99.